The molecule has 0 heterocycles. The van der Waals surface area contributed by atoms with Crippen molar-refractivity contribution in [2.24, 2.45) is 11.7 Å². The van der Waals surface area contributed by atoms with Crippen LogP contribution in [0.4, 0.5) is 0 Å². The summed E-state index contributed by atoms with van der Waals surface area (Å²) in [6.45, 7) is 4.41. The van der Waals surface area contributed by atoms with Gasteiger partial charge in [0.15, 0.2) is 0 Å². The molecular formula is C22H29N3O. The van der Waals surface area contributed by atoms with Crippen molar-refractivity contribution in [3.8, 4) is 0 Å². The van der Waals surface area contributed by atoms with E-state index in [0.717, 1.165) is 25.9 Å². The van der Waals surface area contributed by atoms with E-state index in [0.29, 0.717) is 19.0 Å². The first-order valence-corrected chi connectivity index (χ1v) is 9.40. The van der Waals surface area contributed by atoms with Gasteiger partial charge in [-0.1, -0.05) is 60.7 Å². The van der Waals surface area contributed by atoms with Crippen LogP contribution in [-0.2, 0) is 17.9 Å². The monoisotopic (exact) mass is 351 g/mol. The van der Waals surface area contributed by atoms with Crippen LogP contribution in [0.2, 0.25) is 0 Å². The van der Waals surface area contributed by atoms with Crippen LogP contribution in [-0.4, -0.2) is 29.4 Å². The largest absolute Gasteiger partial charge is 0.348 e. The van der Waals surface area contributed by atoms with Gasteiger partial charge >= 0.3 is 0 Å². The summed E-state index contributed by atoms with van der Waals surface area (Å²) in [7, 11) is 0. The Hall–Kier alpha value is -2.17. The van der Waals surface area contributed by atoms with Gasteiger partial charge in [0.2, 0.25) is 5.91 Å². The van der Waals surface area contributed by atoms with Gasteiger partial charge in [0.05, 0.1) is 12.1 Å². The van der Waals surface area contributed by atoms with Crippen molar-refractivity contribution in [1.82, 2.24) is 10.2 Å². The van der Waals surface area contributed by atoms with Crippen molar-refractivity contribution < 1.29 is 4.79 Å². The van der Waals surface area contributed by atoms with Gasteiger partial charge in [-0.05, 0) is 36.8 Å². The molecule has 0 saturated heterocycles. The van der Waals surface area contributed by atoms with Crippen molar-refractivity contribution >= 4 is 5.91 Å². The van der Waals surface area contributed by atoms with Crippen molar-refractivity contribution in [2.75, 3.05) is 13.1 Å². The number of nitrogens with zero attached hydrogens (tertiary/aromatic N) is 1. The van der Waals surface area contributed by atoms with Crippen molar-refractivity contribution in [3.05, 3.63) is 71.8 Å². The highest BCUT2D eigenvalue weighted by Gasteiger charge is 2.41. The van der Waals surface area contributed by atoms with E-state index in [1.54, 1.807) is 0 Å². The van der Waals surface area contributed by atoms with E-state index >= 15 is 0 Å². The number of nitrogens with two attached hydrogens (primary N) is 1. The number of rotatable bonds is 9. The number of hydrogen-bond acceptors (Lipinski definition) is 3. The molecule has 1 aliphatic carbocycles. The highest BCUT2D eigenvalue weighted by atomic mass is 16.2. The zero-order valence-corrected chi connectivity index (χ0v) is 15.5. The molecule has 1 fully saturated rings. The lowest BCUT2D eigenvalue weighted by Crippen LogP contribution is -2.55. The molecule has 0 bridgehead atoms. The van der Waals surface area contributed by atoms with Gasteiger partial charge in [-0.3, -0.25) is 9.69 Å². The van der Waals surface area contributed by atoms with Gasteiger partial charge < -0.3 is 11.1 Å². The molecule has 0 aliphatic heterocycles. The van der Waals surface area contributed by atoms with Crippen LogP contribution in [0, 0.1) is 5.92 Å². The molecule has 2 aromatic rings. The number of nitrogens with one attached hydrogen (secondary N) is 1. The SMILES string of the molecule is CC(CN)(NC(=O)CN(Cc1ccccc1)Cc1ccccc1)C1CC1. The van der Waals surface area contributed by atoms with Crippen LogP contribution in [0.25, 0.3) is 0 Å². The fraction of sp³-hybridized carbons (Fsp3) is 0.409. The summed E-state index contributed by atoms with van der Waals surface area (Å²) >= 11 is 0. The highest BCUT2D eigenvalue weighted by Crippen LogP contribution is 2.38. The van der Waals surface area contributed by atoms with Crippen LogP contribution in [0.5, 0.6) is 0 Å². The van der Waals surface area contributed by atoms with Crippen LogP contribution in [0.1, 0.15) is 30.9 Å². The fourth-order valence-electron chi connectivity index (χ4n) is 3.45. The zero-order valence-electron chi connectivity index (χ0n) is 15.5. The van der Waals surface area contributed by atoms with Gasteiger partial charge in [0.25, 0.3) is 0 Å². The molecule has 4 heteroatoms. The summed E-state index contributed by atoms with van der Waals surface area (Å²) in [5, 5.41) is 3.20. The first-order chi connectivity index (χ1) is 12.6. The lowest BCUT2D eigenvalue weighted by Gasteiger charge is -2.31. The Labute approximate surface area is 156 Å². The molecule has 1 aliphatic rings. The van der Waals surface area contributed by atoms with Gasteiger partial charge in [0.1, 0.15) is 0 Å². The Morgan fingerprint density at radius 3 is 1.96 bits per heavy atom. The molecule has 26 heavy (non-hydrogen) atoms. The van der Waals surface area contributed by atoms with E-state index < -0.39 is 0 Å². The maximum Gasteiger partial charge on any atom is 0.234 e. The van der Waals surface area contributed by atoms with E-state index in [9.17, 15) is 4.79 Å². The Kier molecular flexibility index (Phi) is 6.07. The predicted molar refractivity (Wildman–Crippen MR) is 105 cm³/mol. The van der Waals surface area contributed by atoms with Crippen molar-refractivity contribution in [3.63, 3.8) is 0 Å². The molecule has 1 atom stereocenters. The summed E-state index contributed by atoms with van der Waals surface area (Å²) in [6, 6.07) is 20.6. The third-order valence-electron chi connectivity index (χ3n) is 5.19. The molecular weight excluding hydrogens is 322 g/mol. The molecule has 4 nitrogen and oxygen atoms in total. The quantitative estimate of drug-likeness (QED) is 0.730. The van der Waals surface area contributed by atoms with E-state index in [-0.39, 0.29) is 11.4 Å². The summed E-state index contributed by atoms with van der Waals surface area (Å²) in [4.78, 5) is 14.9. The standard InChI is InChI=1S/C22H29N3O/c1-22(17-23,20-12-13-20)24-21(26)16-25(14-18-8-4-2-5-9-18)15-19-10-6-3-7-11-19/h2-11,20H,12-17,23H2,1H3,(H,24,26). The van der Waals surface area contributed by atoms with Crippen molar-refractivity contribution in [2.45, 2.75) is 38.4 Å². The summed E-state index contributed by atoms with van der Waals surface area (Å²) in [6.07, 6.45) is 2.32. The number of carbonyl (C=O) groups is 1. The molecule has 3 rings (SSSR count). The summed E-state index contributed by atoms with van der Waals surface area (Å²) < 4.78 is 0. The summed E-state index contributed by atoms with van der Waals surface area (Å²) in [5.41, 5.74) is 8.09. The second-order valence-electron chi connectivity index (χ2n) is 7.56. The van der Waals surface area contributed by atoms with E-state index in [2.05, 4.69) is 41.4 Å². The molecule has 0 spiro atoms. The van der Waals surface area contributed by atoms with E-state index in [1.165, 1.54) is 11.1 Å². The molecule has 1 unspecified atom stereocenters. The first kappa shape index (κ1) is 18.6. The van der Waals surface area contributed by atoms with Crippen LogP contribution >= 0.6 is 0 Å². The first-order valence-electron chi connectivity index (χ1n) is 9.40. The third kappa shape index (κ3) is 5.16. The Bertz CT molecular complexity index is 658. The normalized spacial score (nSPS) is 16.3. The number of benzene rings is 2. The molecule has 1 saturated carbocycles. The second kappa shape index (κ2) is 8.47. The predicted octanol–water partition coefficient (Wildman–Crippen LogP) is 2.93. The van der Waals surface area contributed by atoms with Crippen LogP contribution in [0.15, 0.2) is 60.7 Å². The third-order valence-corrected chi connectivity index (χ3v) is 5.19. The Morgan fingerprint density at radius 1 is 1.04 bits per heavy atom. The molecule has 2 aromatic carbocycles. The minimum atomic E-state index is -0.276. The van der Waals surface area contributed by atoms with Gasteiger partial charge in [-0.15, -0.1) is 0 Å². The Balaban J connectivity index is 1.67. The molecule has 138 valence electrons. The van der Waals surface area contributed by atoms with Crippen molar-refractivity contribution in [1.29, 1.82) is 0 Å². The minimum Gasteiger partial charge on any atom is -0.348 e. The van der Waals surface area contributed by atoms with Crippen LogP contribution < -0.4 is 11.1 Å². The molecule has 3 N–H and O–H groups in total. The molecule has 0 radical (unpaired) electrons. The second-order valence-corrected chi connectivity index (χ2v) is 7.56. The lowest BCUT2D eigenvalue weighted by molar-refractivity contribution is -0.124. The van der Waals surface area contributed by atoms with E-state index in [4.69, 9.17) is 5.73 Å². The topological polar surface area (TPSA) is 58.4 Å². The van der Waals surface area contributed by atoms with Crippen LogP contribution in [0.3, 0.4) is 0 Å². The minimum absolute atomic E-state index is 0.0525. The number of hydrogen-bond donors (Lipinski definition) is 2. The average Bonchev–Trinajstić information content (AvgIpc) is 3.49. The number of amides is 1. The highest BCUT2D eigenvalue weighted by molar-refractivity contribution is 5.79. The maximum absolute atomic E-state index is 12.7. The molecule has 1 amide bonds. The van der Waals surface area contributed by atoms with Gasteiger partial charge in [-0.25, -0.2) is 0 Å². The lowest BCUT2D eigenvalue weighted by atomic mass is 9.96. The summed E-state index contributed by atoms with van der Waals surface area (Å²) in [5.74, 6) is 0.574. The van der Waals surface area contributed by atoms with Gasteiger partial charge in [-0.2, -0.15) is 0 Å². The zero-order chi connectivity index (χ0) is 18.4. The van der Waals surface area contributed by atoms with Gasteiger partial charge in [0, 0.05) is 19.6 Å². The van der Waals surface area contributed by atoms with E-state index in [1.807, 2.05) is 36.4 Å². The molecule has 0 aromatic heterocycles. The number of carbonyl (C=O) groups excluding carboxylic acids is 1. The smallest absolute Gasteiger partial charge is 0.234 e. The average molecular weight is 351 g/mol. The Morgan fingerprint density at radius 2 is 1.54 bits per heavy atom. The maximum atomic E-state index is 12.7. The fourth-order valence-corrected chi connectivity index (χ4v) is 3.45.